The summed E-state index contributed by atoms with van der Waals surface area (Å²) in [5.41, 5.74) is 3.99. The van der Waals surface area contributed by atoms with Gasteiger partial charge in [-0.25, -0.2) is 10.2 Å². The van der Waals surface area contributed by atoms with E-state index in [4.69, 9.17) is 0 Å². The monoisotopic (exact) mass is 298 g/mol. The van der Waals surface area contributed by atoms with E-state index in [1.54, 1.807) is 43.3 Å². The van der Waals surface area contributed by atoms with Crippen LogP contribution >= 0.6 is 0 Å². The highest BCUT2D eigenvalue weighted by Crippen LogP contribution is 2.13. The molecule has 0 bridgehead atoms. The van der Waals surface area contributed by atoms with Gasteiger partial charge in [-0.15, -0.1) is 0 Å². The lowest BCUT2D eigenvalue weighted by molar-refractivity contribution is -0.384. The standard InChI is InChI=1S/C15H14N4O3/c1-11(12-6-5-9-14(10-12)19(21)22)17-18-15(20)16-13-7-3-2-4-8-13/h2-10H,1H3,(H2,16,18,20). The number of urea groups is 1. The predicted octanol–water partition coefficient (Wildman–Crippen LogP) is 3.14. The van der Waals surface area contributed by atoms with Crippen LogP contribution in [0.4, 0.5) is 16.2 Å². The third kappa shape index (κ3) is 4.14. The zero-order chi connectivity index (χ0) is 15.9. The molecule has 0 heterocycles. The van der Waals surface area contributed by atoms with Gasteiger partial charge in [-0.2, -0.15) is 5.10 Å². The Hall–Kier alpha value is -3.22. The van der Waals surface area contributed by atoms with E-state index in [1.807, 2.05) is 6.07 Å². The van der Waals surface area contributed by atoms with Gasteiger partial charge in [0.15, 0.2) is 0 Å². The summed E-state index contributed by atoms with van der Waals surface area (Å²) in [4.78, 5) is 21.9. The van der Waals surface area contributed by atoms with Crippen LogP contribution in [0.2, 0.25) is 0 Å². The van der Waals surface area contributed by atoms with Gasteiger partial charge in [-0.1, -0.05) is 30.3 Å². The van der Waals surface area contributed by atoms with Crippen LogP contribution < -0.4 is 10.7 Å². The van der Waals surface area contributed by atoms with Crippen molar-refractivity contribution in [3.63, 3.8) is 0 Å². The Morgan fingerprint density at radius 1 is 1.14 bits per heavy atom. The van der Waals surface area contributed by atoms with Crippen molar-refractivity contribution < 1.29 is 9.72 Å². The molecule has 0 radical (unpaired) electrons. The highest BCUT2D eigenvalue weighted by molar-refractivity contribution is 6.00. The lowest BCUT2D eigenvalue weighted by Gasteiger charge is -2.05. The zero-order valence-corrected chi connectivity index (χ0v) is 11.8. The third-order valence-corrected chi connectivity index (χ3v) is 2.83. The van der Waals surface area contributed by atoms with E-state index in [0.29, 0.717) is 17.0 Å². The van der Waals surface area contributed by atoms with Gasteiger partial charge in [0.2, 0.25) is 0 Å². The van der Waals surface area contributed by atoms with Crippen molar-refractivity contribution >= 4 is 23.1 Å². The Morgan fingerprint density at radius 2 is 1.86 bits per heavy atom. The fourth-order valence-electron chi connectivity index (χ4n) is 1.72. The predicted molar refractivity (Wildman–Crippen MR) is 83.9 cm³/mol. The van der Waals surface area contributed by atoms with Crippen LogP contribution in [-0.2, 0) is 0 Å². The Kier molecular flexibility index (Phi) is 4.81. The van der Waals surface area contributed by atoms with Crippen molar-refractivity contribution in [3.8, 4) is 0 Å². The first kappa shape index (κ1) is 15.2. The number of nitrogens with zero attached hydrogens (tertiary/aromatic N) is 2. The van der Waals surface area contributed by atoms with E-state index in [0.717, 1.165) is 0 Å². The quantitative estimate of drug-likeness (QED) is 0.515. The molecular weight excluding hydrogens is 284 g/mol. The molecule has 112 valence electrons. The molecule has 0 aliphatic heterocycles. The molecular formula is C15H14N4O3. The number of rotatable bonds is 4. The summed E-state index contributed by atoms with van der Waals surface area (Å²) in [6.07, 6.45) is 0. The first-order valence-corrected chi connectivity index (χ1v) is 6.47. The number of nitrogens with one attached hydrogen (secondary N) is 2. The molecule has 7 nitrogen and oxygen atoms in total. The fraction of sp³-hybridized carbons (Fsp3) is 0.0667. The van der Waals surface area contributed by atoms with Gasteiger partial charge in [-0.05, 0) is 19.1 Å². The number of hydrogen-bond acceptors (Lipinski definition) is 4. The summed E-state index contributed by atoms with van der Waals surface area (Å²) < 4.78 is 0. The summed E-state index contributed by atoms with van der Waals surface area (Å²) in [6.45, 7) is 1.65. The zero-order valence-electron chi connectivity index (χ0n) is 11.8. The van der Waals surface area contributed by atoms with Crippen molar-refractivity contribution in [2.24, 2.45) is 5.10 Å². The third-order valence-electron chi connectivity index (χ3n) is 2.83. The highest BCUT2D eigenvalue weighted by atomic mass is 16.6. The Balaban J connectivity index is 2.02. The number of anilines is 1. The van der Waals surface area contributed by atoms with E-state index in [-0.39, 0.29) is 5.69 Å². The van der Waals surface area contributed by atoms with Crippen LogP contribution in [0, 0.1) is 10.1 Å². The Bertz CT molecular complexity index is 714. The number of non-ortho nitro benzene ring substituents is 1. The first-order valence-electron chi connectivity index (χ1n) is 6.47. The Morgan fingerprint density at radius 3 is 2.55 bits per heavy atom. The second-order valence-corrected chi connectivity index (χ2v) is 4.44. The van der Waals surface area contributed by atoms with Crippen molar-refractivity contribution in [3.05, 3.63) is 70.3 Å². The largest absolute Gasteiger partial charge is 0.339 e. The van der Waals surface area contributed by atoms with E-state index in [2.05, 4.69) is 15.8 Å². The molecule has 0 saturated heterocycles. The average Bonchev–Trinajstić information content (AvgIpc) is 2.53. The van der Waals surface area contributed by atoms with Crippen LogP contribution in [0.15, 0.2) is 59.7 Å². The molecule has 2 aromatic carbocycles. The van der Waals surface area contributed by atoms with Crippen molar-refractivity contribution in [2.75, 3.05) is 5.32 Å². The molecule has 0 saturated carbocycles. The van der Waals surface area contributed by atoms with Crippen molar-refractivity contribution in [2.45, 2.75) is 6.92 Å². The second kappa shape index (κ2) is 6.98. The van der Waals surface area contributed by atoms with Gasteiger partial charge in [0.1, 0.15) is 0 Å². The summed E-state index contributed by atoms with van der Waals surface area (Å²) in [6, 6.07) is 14.5. The van der Waals surface area contributed by atoms with E-state index in [1.165, 1.54) is 12.1 Å². The Labute approximate surface area is 126 Å². The lowest BCUT2D eigenvalue weighted by Crippen LogP contribution is -2.25. The van der Waals surface area contributed by atoms with Crippen LogP contribution in [-0.4, -0.2) is 16.7 Å². The number of benzene rings is 2. The minimum Gasteiger partial charge on any atom is -0.307 e. The summed E-state index contributed by atoms with van der Waals surface area (Å²) in [7, 11) is 0. The van der Waals surface area contributed by atoms with E-state index in [9.17, 15) is 14.9 Å². The molecule has 2 N–H and O–H groups in total. The molecule has 0 aromatic heterocycles. The molecule has 0 fully saturated rings. The van der Waals surface area contributed by atoms with Gasteiger partial charge >= 0.3 is 6.03 Å². The number of nitro groups is 1. The molecule has 2 rings (SSSR count). The summed E-state index contributed by atoms with van der Waals surface area (Å²) in [5.74, 6) is 0. The molecule has 0 atom stereocenters. The maximum Gasteiger partial charge on any atom is 0.339 e. The number of amides is 2. The molecule has 2 amide bonds. The smallest absolute Gasteiger partial charge is 0.307 e. The van der Waals surface area contributed by atoms with Gasteiger partial charge in [0.25, 0.3) is 5.69 Å². The van der Waals surface area contributed by atoms with Gasteiger partial charge in [-0.3, -0.25) is 10.1 Å². The number of hydrazone groups is 1. The fourth-order valence-corrected chi connectivity index (χ4v) is 1.72. The molecule has 22 heavy (non-hydrogen) atoms. The molecule has 0 aliphatic rings. The number of para-hydroxylation sites is 1. The molecule has 2 aromatic rings. The SMILES string of the molecule is CC(=NNC(=O)Nc1ccccc1)c1cccc([N+](=O)[O-])c1. The minimum atomic E-state index is -0.490. The van der Waals surface area contributed by atoms with Crippen LogP contribution in [0.3, 0.4) is 0 Å². The van der Waals surface area contributed by atoms with E-state index < -0.39 is 11.0 Å². The summed E-state index contributed by atoms with van der Waals surface area (Å²) >= 11 is 0. The number of hydrogen-bond donors (Lipinski definition) is 2. The van der Waals surface area contributed by atoms with Crippen LogP contribution in [0.1, 0.15) is 12.5 Å². The molecule has 7 heteroatoms. The van der Waals surface area contributed by atoms with Gasteiger partial charge in [0, 0.05) is 23.4 Å². The van der Waals surface area contributed by atoms with Gasteiger partial charge in [0.05, 0.1) is 10.6 Å². The molecule has 0 spiro atoms. The van der Waals surface area contributed by atoms with Crippen LogP contribution in [0.25, 0.3) is 0 Å². The topological polar surface area (TPSA) is 96.6 Å². The normalized spacial score (nSPS) is 10.9. The van der Waals surface area contributed by atoms with E-state index >= 15 is 0 Å². The molecule has 0 unspecified atom stereocenters. The highest BCUT2D eigenvalue weighted by Gasteiger charge is 2.07. The van der Waals surface area contributed by atoms with Crippen molar-refractivity contribution in [1.82, 2.24) is 5.43 Å². The maximum atomic E-state index is 11.7. The first-order chi connectivity index (χ1) is 10.6. The van der Waals surface area contributed by atoms with Crippen LogP contribution in [0.5, 0.6) is 0 Å². The maximum absolute atomic E-state index is 11.7. The second-order valence-electron chi connectivity index (χ2n) is 4.44. The number of carbonyl (C=O) groups is 1. The minimum absolute atomic E-state index is 0.0270. The van der Waals surface area contributed by atoms with Crippen molar-refractivity contribution in [1.29, 1.82) is 0 Å². The number of carbonyl (C=O) groups excluding carboxylic acids is 1. The summed E-state index contributed by atoms with van der Waals surface area (Å²) in [5, 5.41) is 17.3. The van der Waals surface area contributed by atoms with Gasteiger partial charge < -0.3 is 5.32 Å². The number of nitro benzene ring substituents is 1. The lowest BCUT2D eigenvalue weighted by atomic mass is 10.1. The average molecular weight is 298 g/mol. The molecule has 0 aliphatic carbocycles.